The number of aromatic nitrogens is 2. The smallest absolute Gasteiger partial charge is 0.355 e. The van der Waals surface area contributed by atoms with Crippen LogP contribution in [0.4, 0.5) is 5.69 Å². The lowest BCUT2D eigenvalue weighted by Gasteiger charge is -2.06. The molecule has 0 saturated heterocycles. The molecule has 2 heterocycles. The summed E-state index contributed by atoms with van der Waals surface area (Å²) in [5.74, 6) is -0.327. The summed E-state index contributed by atoms with van der Waals surface area (Å²) in [7, 11) is 0. The highest BCUT2D eigenvalue weighted by molar-refractivity contribution is 7.09. The Balaban J connectivity index is 1.71. The highest BCUT2D eigenvalue weighted by Gasteiger charge is 2.28. The number of rotatable bonds is 4. The second-order valence-electron chi connectivity index (χ2n) is 4.34. The molecule has 5 nitrogen and oxygen atoms in total. The summed E-state index contributed by atoms with van der Waals surface area (Å²) in [6.45, 7) is 0.263. The van der Waals surface area contributed by atoms with Gasteiger partial charge in [-0.1, -0.05) is 0 Å². The van der Waals surface area contributed by atoms with Crippen LogP contribution >= 0.6 is 11.3 Å². The molecule has 94 valence electrons. The van der Waals surface area contributed by atoms with Gasteiger partial charge in [-0.05, 0) is 18.9 Å². The number of thiazole rings is 1. The number of esters is 1. The molecular weight excluding hydrogens is 250 g/mol. The van der Waals surface area contributed by atoms with Crippen molar-refractivity contribution >= 4 is 23.0 Å². The Bertz CT molecular complexity index is 558. The van der Waals surface area contributed by atoms with Crippen molar-refractivity contribution in [2.24, 2.45) is 0 Å². The van der Waals surface area contributed by atoms with E-state index in [1.54, 1.807) is 24.0 Å². The number of nitrogens with zero attached hydrogens (tertiary/aromatic N) is 2. The number of hydrogen-bond donors (Lipinski definition) is 1. The molecule has 1 saturated carbocycles. The third kappa shape index (κ3) is 2.24. The van der Waals surface area contributed by atoms with Crippen LogP contribution in [-0.4, -0.2) is 15.5 Å². The molecule has 0 spiro atoms. The maximum atomic E-state index is 12.0. The minimum atomic E-state index is -0.327. The monoisotopic (exact) mass is 263 g/mol. The van der Waals surface area contributed by atoms with Crippen molar-refractivity contribution in [3.63, 3.8) is 0 Å². The molecule has 1 aliphatic rings. The molecule has 0 amide bonds. The Morgan fingerprint density at radius 2 is 2.44 bits per heavy atom. The fraction of sp³-hybridized carbons (Fsp3) is 0.333. The first-order valence-electron chi connectivity index (χ1n) is 5.76. The van der Waals surface area contributed by atoms with Crippen LogP contribution in [0.25, 0.3) is 0 Å². The number of carbonyl (C=O) groups is 1. The van der Waals surface area contributed by atoms with Crippen molar-refractivity contribution in [3.05, 3.63) is 34.5 Å². The van der Waals surface area contributed by atoms with Crippen LogP contribution < -0.4 is 5.73 Å². The van der Waals surface area contributed by atoms with Gasteiger partial charge in [-0.2, -0.15) is 0 Å². The van der Waals surface area contributed by atoms with Crippen LogP contribution in [0.3, 0.4) is 0 Å². The Hall–Kier alpha value is -1.82. The lowest BCUT2D eigenvalue weighted by Crippen LogP contribution is -2.10. The van der Waals surface area contributed by atoms with Gasteiger partial charge in [0.2, 0.25) is 0 Å². The summed E-state index contributed by atoms with van der Waals surface area (Å²) >= 11 is 1.47. The lowest BCUT2D eigenvalue weighted by atomic mass is 10.4. The molecule has 0 radical (unpaired) electrons. The maximum Gasteiger partial charge on any atom is 0.355 e. The molecule has 2 aromatic rings. The van der Waals surface area contributed by atoms with Gasteiger partial charge in [0.05, 0.1) is 16.1 Å². The summed E-state index contributed by atoms with van der Waals surface area (Å²) in [5.41, 5.74) is 8.60. The molecular formula is C12H13N3O2S. The van der Waals surface area contributed by atoms with Crippen LogP contribution in [0.2, 0.25) is 0 Å². The highest BCUT2D eigenvalue weighted by atomic mass is 32.1. The van der Waals surface area contributed by atoms with Gasteiger partial charge in [-0.15, -0.1) is 11.3 Å². The highest BCUT2D eigenvalue weighted by Crippen LogP contribution is 2.37. The van der Waals surface area contributed by atoms with Gasteiger partial charge >= 0.3 is 5.97 Å². The number of carbonyl (C=O) groups excluding carboxylic acids is 1. The van der Waals surface area contributed by atoms with Gasteiger partial charge in [0.25, 0.3) is 0 Å². The first-order valence-corrected chi connectivity index (χ1v) is 6.64. The van der Waals surface area contributed by atoms with Gasteiger partial charge < -0.3 is 15.0 Å². The normalized spacial score (nSPS) is 14.7. The molecule has 1 aliphatic carbocycles. The summed E-state index contributed by atoms with van der Waals surface area (Å²) < 4.78 is 7.18. The standard InChI is InChI=1S/C12H13N3O2S/c13-8-3-11(15(5-8)9-1-2-9)12(16)17-6-10-4-14-7-18-10/h3-5,7,9H,1-2,6,13H2. The fourth-order valence-electron chi connectivity index (χ4n) is 1.84. The lowest BCUT2D eigenvalue weighted by molar-refractivity contribution is 0.0463. The van der Waals surface area contributed by atoms with Gasteiger partial charge in [0, 0.05) is 18.4 Å². The van der Waals surface area contributed by atoms with E-state index < -0.39 is 0 Å². The number of ether oxygens (including phenoxy) is 1. The van der Waals surface area contributed by atoms with Crippen molar-refractivity contribution in [1.29, 1.82) is 0 Å². The summed E-state index contributed by atoms with van der Waals surface area (Å²) in [6.07, 6.45) is 5.71. The van der Waals surface area contributed by atoms with Crippen molar-refractivity contribution < 1.29 is 9.53 Å². The minimum absolute atomic E-state index is 0.263. The van der Waals surface area contributed by atoms with Crippen molar-refractivity contribution in [2.45, 2.75) is 25.5 Å². The number of hydrogen-bond acceptors (Lipinski definition) is 5. The first kappa shape index (κ1) is 11.3. The van der Waals surface area contributed by atoms with E-state index >= 15 is 0 Å². The number of anilines is 1. The third-order valence-electron chi connectivity index (χ3n) is 2.85. The molecule has 0 aliphatic heterocycles. The van der Waals surface area contributed by atoms with Gasteiger partial charge in [-0.3, -0.25) is 4.98 Å². The molecule has 0 bridgehead atoms. The predicted molar refractivity (Wildman–Crippen MR) is 68.3 cm³/mol. The third-order valence-corrected chi connectivity index (χ3v) is 3.60. The molecule has 0 atom stereocenters. The Labute approximate surface area is 108 Å². The van der Waals surface area contributed by atoms with Crippen LogP contribution in [0, 0.1) is 0 Å². The van der Waals surface area contributed by atoms with E-state index in [0.717, 1.165) is 17.7 Å². The van der Waals surface area contributed by atoms with Crippen molar-refractivity contribution in [1.82, 2.24) is 9.55 Å². The van der Waals surface area contributed by atoms with Crippen molar-refractivity contribution in [3.8, 4) is 0 Å². The summed E-state index contributed by atoms with van der Waals surface area (Å²) in [6, 6.07) is 2.08. The van der Waals surface area contributed by atoms with E-state index in [-0.39, 0.29) is 12.6 Å². The maximum absolute atomic E-state index is 12.0. The van der Waals surface area contributed by atoms with Crippen LogP contribution in [0.15, 0.2) is 24.0 Å². The second kappa shape index (κ2) is 4.45. The minimum Gasteiger partial charge on any atom is -0.455 e. The quantitative estimate of drug-likeness (QED) is 0.859. The molecule has 2 aromatic heterocycles. The van der Waals surface area contributed by atoms with E-state index in [0.29, 0.717) is 17.4 Å². The van der Waals surface area contributed by atoms with E-state index in [4.69, 9.17) is 10.5 Å². The zero-order chi connectivity index (χ0) is 12.5. The predicted octanol–water partition coefficient (Wildman–Crippen LogP) is 2.22. The van der Waals surface area contributed by atoms with Gasteiger partial charge in [-0.25, -0.2) is 4.79 Å². The SMILES string of the molecule is Nc1cc(C(=O)OCc2cncs2)n(C2CC2)c1. The zero-order valence-corrected chi connectivity index (χ0v) is 10.5. The van der Waals surface area contributed by atoms with Gasteiger partial charge in [0.15, 0.2) is 0 Å². The largest absolute Gasteiger partial charge is 0.455 e. The molecule has 18 heavy (non-hydrogen) atoms. The average Bonchev–Trinajstić information content (AvgIpc) is 2.92. The molecule has 2 N–H and O–H groups in total. The molecule has 3 rings (SSSR count). The average molecular weight is 263 g/mol. The topological polar surface area (TPSA) is 70.1 Å². The van der Waals surface area contributed by atoms with E-state index in [1.165, 1.54) is 11.3 Å². The fourth-order valence-corrected chi connectivity index (χ4v) is 2.35. The van der Waals surface area contributed by atoms with E-state index in [1.807, 2.05) is 4.57 Å². The van der Waals surface area contributed by atoms with Gasteiger partial charge in [0.1, 0.15) is 12.3 Å². The first-order chi connectivity index (χ1) is 8.74. The zero-order valence-electron chi connectivity index (χ0n) is 9.70. The van der Waals surface area contributed by atoms with E-state index in [9.17, 15) is 4.79 Å². The molecule has 0 unspecified atom stereocenters. The Kier molecular flexibility index (Phi) is 2.79. The molecule has 1 fully saturated rings. The molecule has 6 heteroatoms. The van der Waals surface area contributed by atoms with Crippen LogP contribution in [0.1, 0.15) is 34.2 Å². The Morgan fingerprint density at radius 1 is 1.61 bits per heavy atom. The second-order valence-corrected chi connectivity index (χ2v) is 5.31. The summed E-state index contributed by atoms with van der Waals surface area (Å²) in [5, 5.41) is 0. The number of nitrogen functional groups attached to an aromatic ring is 1. The summed E-state index contributed by atoms with van der Waals surface area (Å²) in [4.78, 5) is 16.9. The molecule has 0 aromatic carbocycles. The van der Waals surface area contributed by atoms with E-state index in [2.05, 4.69) is 4.98 Å². The van der Waals surface area contributed by atoms with Crippen molar-refractivity contribution in [2.75, 3.05) is 5.73 Å². The number of nitrogens with two attached hydrogens (primary N) is 1. The van der Waals surface area contributed by atoms with Crippen LogP contribution in [0.5, 0.6) is 0 Å². The Morgan fingerprint density at radius 3 is 3.11 bits per heavy atom. The van der Waals surface area contributed by atoms with Crippen LogP contribution in [-0.2, 0) is 11.3 Å².